The topological polar surface area (TPSA) is 116 Å². The molecule has 0 radical (unpaired) electrons. The fraction of sp³-hybridized carbons (Fsp3) is 0.464. The first-order chi connectivity index (χ1) is 18.8. The van der Waals surface area contributed by atoms with Crippen LogP contribution in [0.1, 0.15) is 66.1 Å². The van der Waals surface area contributed by atoms with Gasteiger partial charge in [0.25, 0.3) is 5.91 Å². The van der Waals surface area contributed by atoms with E-state index in [-0.39, 0.29) is 22.8 Å². The number of urea groups is 1. The summed E-state index contributed by atoms with van der Waals surface area (Å²) in [7, 11) is -2.13. The van der Waals surface area contributed by atoms with Crippen molar-refractivity contribution in [3.63, 3.8) is 0 Å². The molecule has 10 nitrogen and oxygen atoms in total. The Labute approximate surface area is 229 Å². The lowest BCUT2D eigenvalue weighted by atomic mass is 9.90. The Hall–Kier alpha value is -3.44. The number of fused-ring (bicyclic) bond motifs is 1. The number of anilines is 1. The lowest BCUT2D eigenvalue weighted by Gasteiger charge is -2.31. The molecule has 5 rings (SSSR count). The van der Waals surface area contributed by atoms with Crippen molar-refractivity contribution in [3.05, 3.63) is 59.4 Å². The summed E-state index contributed by atoms with van der Waals surface area (Å²) in [5.41, 5.74) is 3.85. The molecule has 2 aliphatic heterocycles. The number of hydrogen-bond acceptors (Lipinski definition) is 5. The van der Waals surface area contributed by atoms with Crippen LogP contribution in [0.2, 0.25) is 0 Å². The molecular formula is C28H36N6O4S. The molecule has 39 heavy (non-hydrogen) atoms. The van der Waals surface area contributed by atoms with Gasteiger partial charge in [0.05, 0.1) is 21.7 Å². The highest BCUT2D eigenvalue weighted by Gasteiger charge is 2.31. The lowest BCUT2D eigenvalue weighted by molar-refractivity contribution is 0.0763. The van der Waals surface area contributed by atoms with Crippen molar-refractivity contribution in [2.75, 3.05) is 38.5 Å². The largest absolute Gasteiger partial charge is 0.341 e. The maximum Gasteiger partial charge on any atom is 0.318 e. The van der Waals surface area contributed by atoms with Crippen molar-refractivity contribution in [1.82, 2.24) is 24.1 Å². The standard InChI is InChI=1S/C28H36N6O4S/c1-20-26(27(35)32-14-5-3-4-6-15-32)25-19-22(13-18-34(25)31-20)21-11-16-33(17-12-21)39(37,38)24-9-7-23(8-10-24)30-28(36)29-2/h7-10,13,18-19,21H,3-6,11-12,14-17H2,1-2H3,(H2,29,30,36). The third-order valence-corrected chi connectivity index (χ3v) is 9.76. The zero-order valence-corrected chi connectivity index (χ0v) is 23.3. The zero-order chi connectivity index (χ0) is 27.6. The zero-order valence-electron chi connectivity index (χ0n) is 22.5. The molecule has 11 heteroatoms. The average Bonchev–Trinajstić information content (AvgIpc) is 3.08. The van der Waals surface area contributed by atoms with Gasteiger partial charge in [0.2, 0.25) is 10.0 Å². The highest BCUT2D eigenvalue weighted by Crippen LogP contribution is 2.32. The van der Waals surface area contributed by atoms with E-state index >= 15 is 0 Å². The number of sulfonamides is 1. The van der Waals surface area contributed by atoms with Crippen molar-refractivity contribution in [2.24, 2.45) is 0 Å². The van der Waals surface area contributed by atoms with Gasteiger partial charge in [-0.15, -0.1) is 0 Å². The summed E-state index contributed by atoms with van der Waals surface area (Å²) in [6.45, 7) is 4.29. The van der Waals surface area contributed by atoms with Crippen LogP contribution in [0.15, 0.2) is 47.5 Å². The van der Waals surface area contributed by atoms with Gasteiger partial charge in [-0.3, -0.25) is 4.79 Å². The third-order valence-electron chi connectivity index (χ3n) is 7.84. The van der Waals surface area contributed by atoms with Crippen LogP contribution in [0, 0.1) is 6.92 Å². The SMILES string of the molecule is CNC(=O)Nc1ccc(S(=O)(=O)N2CCC(c3ccn4nc(C)c(C(=O)N5CCCCCC5)c4c3)CC2)cc1. The Bertz CT molecular complexity index is 1450. The number of likely N-dealkylation sites (tertiary alicyclic amines) is 1. The number of nitrogens with zero attached hydrogens (tertiary/aromatic N) is 4. The second-order valence-corrected chi connectivity index (χ2v) is 12.3. The third kappa shape index (κ3) is 5.65. The van der Waals surface area contributed by atoms with Gasteiger partial charge in [0.15, 0.2) is 0 Å². The number of rotatable bonds is 5. The van der Waals surface area contributed by atoms with Gasteiger partial charge in [-0.2, -0.15) is 9.40 Å². The van der Waals surface area contributed by atoms with Crippen molar-refractivity contribution < 1.29 is 18.0 Å². The van der Waals surface area contributed by atoms with E-state index in [9.17, 15) is 18.0 Å². The van der Waals surface area contributed by atoms with Crippen LogP contribution in [-0.4, -0.2) is 72.4 Å². The summed E-state index contributed by atoms with van der Waals surface area (Å²) >= 11 is 0. The lowest BCUT2D eigenvalue weighted by Crippen LogP contribution is -2.37. The Morgan fingerprint density at radius 1 is 0.949 bits per heavy atom. The number of aromatic nitrogens is 2. The Kier molecular flexibility index (Phi) is 7.90. The number of pyridine rings is 1. The van der Waals surface area contributed by atoms with E-state index in [4.69, 9.17) is 0 Å². The fourth-order valence-corrected chi connectivity index (χ4v) is 7.08. The number of benzene rings is 1. The predicted molar refractivity (Wildman–Crippen MR) is 150 cm³/mol. The molecule has 208 valence electrons. The fourth-order valence-electron chi connectivity index (χ4n) is 5.61. The highest BCUT2D eigenvalue weighted by molar-refractivity contribution is 7.89. The molecule has 2 N–H and O–H groups in total. The van der Waals surface area contributed by atoms with E-state index in [0.717, 1.165) is 55.5 Å². The Balaban J connectivity index is 1.29. The predicted octanol–water partition coefficient (Wildman–Crippen LogP) is 3.98. The van der Waals surface area contributed by atoms with Gasteiger partial charge in [-0.05, 0) is 80.5 Å². The van der Waals surface area contributed by atoms with Gasteiger partial charge in [0, 0.05) is 45.1 Å². The molecule has 0 bridgehead atoms. The Morgan fingerprint density at radius 2 is 1.62 bits per heavy atom. The van der Waals surface area contributed by atoms with Crippen molar-refractivity contribution in [2.45, 2.75) is 56.3 Å². The number of amides is 3. The van der Waals surface area contributed by atoms with E-state index < -0.39 is 10.0 Å². The molecule has 4 heterocycles. The van der Waals surface area contributed by atoms with Gasteiger partial charge in [-0.1, -0.05) is 12.8 Å². The maximum atomic E-state index is 13.5. The second kappa shape index (κ2) is 11.4. The van der Waals surface area contributed by atoms with Crippen LogP contribution in [0.25, 0.3) is 5.52 Å². The normalized spacial score (nSPS) is 17.6. The van der Waals surface area contributed by atoms with Crippen LogP contribution in [0.5, 0.6) is 0 Å². The number of hydrogen-bond donors (Lipinski definition) is 2. The molecule has 2 fully saturated rings. The van der Waals surface area contributed by atoms with Crippen LogP contribution >= 0.6 is 0 Å². The first kappa shape index (κ1) is 27.1. The molecule has 2 saturated heterocycles. The minimum atomic E-state index is -3.64. The highest BCUT2D eigenvalue weighted by atomic mass is 32.2. The molecule has 0 saturated carbocycles. The molecule has 1 aromatic carbocycles. The summed E-state index contributed by atoms with van der Waals surface area (Å²) < 4.78 is 29.8. The average molecular weight is 553 g/mol. The number of aryl methyl sites for hydroxylation is 1. The second-order valence-electron chi connectivity index (χ2n) is 10.4. The molecule has 0 aliphatic carbocycles. The van der Waals surface area contributed by atoms with Crippen LogP contribution in [0.3, 0.4) is 0 Å². The van der Waals surface area contributed by atoms with E-state index in [0.29, 0.717) is 37.2 Å². The summed E-state index contributed by atoms with van der Waals surface area (Å²) in [5, 5.41) is 9.69. The van der Waals surface area contributed by atoms with Gasteiger partial charge < -0.3 is 15.5 Å². The molecule has 3 aromatic rings. The summed E-state index contributed by atoms with van der Waals surface area (Å²) in [5.74, 6) is 0.246. The minimum absolute atomic E-state index is 0.0546. The first-order valence-corrected chi connectivity index (χ1v) is 15.1. The van der Waals surface area contributed by atoms with Crippen molar-refractivity contribution in [1.29, 1.82) is 0 Å². The molecule has 2 aromatic heterocycles. The minimum Gasteiger partial charge on any atom is -0.341 e. The smallest absolute Gasteiger partial charge is 0.318 e. The van der Waals surface area contributed by atoms with E-state index in [1.165, 1.54) is 23.5 Å². The van der Waals surface area contributed by atoms with Gasteiger partial charge in [0.1, 0.15) is 0 Å². The van der Waals surface area contributed by atoms with Crippen molar-refractivity contribution >= 4 is 33.2 Å². The number of nitrogens with one attached hydrogen (secondary N) is 2. The first-order valence-electron chi connectivity index (χ1n) is 13.6. The summed E-state index contributed by atoms with van der Waals surface area (Å²) in [6, 6.07) is 9.95. The van der Waals surface area contributed by atoms with Crippen LogP contribution < -0.4 is 10.6 Å². The molecule has 0 atom stereocenters. The van der Waals surface area contributed by atoms with E-state index in [1.54, 1.807) is 16.6 Å². The van der Waals surface area contributed by atoms with Gasteiger partial charge >= 0.3 is 6.03 Å². The molecule has 3 amide bonds. The van der Waals surface area contributed by atoms with Crippen LogP contribution in [-0.2, 0) is 10.0 Å². The summed E-state index contributed by atoms with van der Waals surface area (Å²) in [4.78, 5) is 27.2. The summed E-state index contributed by atoms with van der Waals surface area (Å²) in [6.07, 6.45) is 7.69. The van der Waals surface area contributed by atoms with E-state index in [1.807, 2.05) is 24.1 Å². The molecular weight excluding hydrogens is 516 g/mol. The van der Waals surface area contributed by atoms with Gasteiger partial charge in [-0.25, -0.2) is 17.7 Å². The Morgan fingerprint density at radius 3 is 2.26 bits per heavy atom. The number of carbonyl (C=O) groups excluding carboxylic acids is 2. The molecule has 0 spiro atoms. The quantitative estimate of drug-likeness (QED) is 0.497. The van der Waals surface area contributed by atoms with Crippen molar-refractivity contribution in [3.8, 4) is 0 Å². The van der Waals surface area contributed by atoms with E-state index in [2.05, 4.69) is 21.8 Å². The molecule has 2 aliphatic rings. The number of piperidine rings is 1. The van der Waals surface area contributed by atoms with Crippen LogP contribution in [0.4, 0.5) is 10.5 Å². The monoisotopic (exact) mass is 552 g/mol. The number of carbonyl (C=O) groups is 2. The molecule has 0 unspecified atom stereocenters. The maximum absolute atomic E-state index is 13.5.